The summed E-state index contributed by atoms with van der Waals surface area (Å²) in [6, 6.07) is 4.02. The Bertz CT molecular complexity index is 632. The van der Waals surface area contributed by atoms with Gasteiger partial charge >= 0.3 is 0 Å². The molecule has 0 atom stereocenters. The van der Waals surface area contributed by atoms with Gasteiger partial charge in [0.25, 0.3) is 0 Å². The van der Waals surface area contributed by atoms with Crippen molar-refractivity contribution in [2.75, 3.05) is 24.2 Å². The van der Waals surface area contributed by atoms with E-state index in [1.165, 1.54) is 19.3 Å². The number of thiazole rings is 1. The Hall–Kier alpha value is -1.33. The first-order valence-corrected chi connectivity index (χ1v) is 8.45. The van der Waals surface area contributed by atoms with E-state index in [9.17, 15) is 5.11 Å². The van der Waals surface area contributed by atoms with Gasteiger partial charge in [-0.25, -0.2) is 4.98 Å². The largest absolute Gasteiger partial charge is 0.397 e. The number of nitrogens with one attached hydrogen (secondary N) is 1. The van der Waals surface area contributed by atoms with Crippen molar-refractivity contribution in [2.24, 2.45) is 5.41 Å². The molecule has 4 N–H and O–H groups in total. The molecule has 1 aromatic heterocycles. The number of nitrogens with zero attached hydrogens (tertiary/aromatic N) is 1. The molecular weight excluding hydrogens is 282 g/mol. The Labute approximate surface area is 129 Å². The highest BCUT2D eigenvalue weighted by Gasteiger charge is 2.31. The monoisotopic (exact) mass is 305 g/mol. The summed E-state index contributed by atoms with van der Waals surface area (Å²) in [7, 11) is 0. The van der Waals surface area contributed by atoms with Gasteiger partial charge in [-0.3, -0.25) is 0 Å². The molecule has 0 unspecified atom stereocenters. The molecule has 0 amide bonds. The van der Waals surface area contributed by atoms with Crippen molar-refractivity contribution in [1.29, 1.82) is 0 Å². The van der Waals surface area contributed by atoms with Crippen molar-refractivity contribution in [3.05, 3.63) is 17.1 Å². The van der Waals surface area contributed by atoms with Gasteiger partial charge < -0.3 is 16.2 Å². The van der Waals surface area contributed by atoms with Crippen molar-refractivity contribution in [3.8, 4) is 0 Å². The fraction of sp³-hybridized carbons (Fsp3) is 0.562. The van der Waals surface area contributed by atoms with Crippen LogP contribution in [0.5, 0.6) is 0 Å². The second-order valence-electron chi connectivity index (χ2n) is 6.21. The fourth-order valence-corrected chi connectivity index (χ4v) is 4.09. The number of benzene rings is 1. The number of aryl methyl sites for hydroxylation is 1. The van der Waals surface area contributed by atoms with Gasteiger partial charge in [0.1, 0.15) is 0 Å². The molecule has 1 heterocycles. The Kier molecular flexibility index (Phi) is 4.04. The summed E-state index contributed by atoms with van der Waals surface area (Å²) in [6.45, 7) is 3.04. The summed E-state index contributed by atoms with van der Waals surface area (Å²) in [5, 5.41) is 14.3. The molecule has 1 aromatic carbocycles. The van der Waals surface area contributed by atoms with Gasteiger partial charge in [0.15, 0.2) is 0 Å². The zero-order chi connectivity index (χ0) is 14.9. The van der Waals surface area contributed by atoms with Crippen molar-refractivity contribution in [1.82, 2.24) is 4.98 Å². The van der Waals surface area contributed by atoms with E-state index in [0.29, 0.717) is 0 Å². The third-order valence-corrected chi connectivity index (χ3v) is 5.50. The summed E-state index contributed by atoms with van der Waals surface area (Å²) in [6.07, 6.45) is 5.89. The molecule has 0 saturated heterocycles. The summed E-state index contributed by atoms with van der Waals surface area (Å²) in [5.41, 5.74) is 8.85. The Morgan fingerprint density at radius 3 is 2.81 bits per heavy atom. The van der Waals surface area contributed by atoms with E-state index in [0.717, 1.165) is 46.0 Å². The molecule has 5 heteroatoms. The molecule has 21 heavy (non-hydrogen) atoms. The lowest BCUT2D eigenvalue weighted by atomic mass is 9.74. The first-order chi connectivity index (χ1) is 10.1. The third kappa shape index (κ3) is 2.99. The third-order valence-electron chi connectivity index (χ3n) is 4.57. The minimum atomic E-state index is 0.0115. The van der Waals surface area contributed by atoms with Crippen molar-refractivity contribution in [3.63, 3.8) is 0 Å². The number of nitrogens with two attached hydrogens (primary N) is 1. The number of anilines is 2. The predicted molar refractivity (Wildman–Crippen MR) is 89.9 cm³/mol. The first kappa shape index (κ1) is 14.6. The maximum atomic E-state index is 9.78. The number of fused-ring (bicyclic) bond motifs is 1. The fourth-order valence-electron chi connectivity index (χ4n) is 3.23. The quantitative estimate of drug-likeness (QED) is 0.756. The van der Waals surface area contributed by atoms with Gasteiger partial charge in [-0.2, -0.15) is 0 Å². The van der Waals surface area contributed by atoms with E-state index in [1.807, 2.05) is 19.1 Å². The van der Waals surface area contributed by atoms with E-state index in [4.69, 9.17) is 5.73 Å². The van der Waals surface area contributed by atoms with E-state index in [-0.39, 0.29) is 12.0 Å². The lowest BCUT2D eigenvalue weighted by Crippen LogP contribution is -2.35. The molecule has 0 aliphatic heterocycles. The van der Waals surface area contributed by atoms with Gasteiger partial charge in [-0.05, 0) is 31.9 Å². The number of aliphatic hydroxyl groups excluding tert-OH is 1. The standard InChI is InChI=1S/C16H23N3OS/c1-11-19-14-8-13(12(17)7-15(14)21-11)18-9-16(10-20)5-3-2-4-6-16/h7-8,18,20H,2-6,9-10,17H2,1H3. The minimum Gasteiger partial charge on any atom is -0.397 e. The van der Waals surface area contributed by atoms with E-state index in [2.05, 4.69) is 10.3 Å². The number of hydrogen-bond acceptors (Lipinski definition) is 5. The van der Waals surface area contributed by atoms with Gasteiger partial charge in [0.2, 0.25) is 0 Å². The normalized spacial score (nSPS) is 18.0. The van der Waals surface area contributed by atoms with Crippen LogP contribution in [0, 0.1) is 12.3 Å². The second-order valence-corrected chi connectivity index (χ2v) is 7.45. The van der Waals surface area contributed by atoms with Crippen LogP contribution in [0.15, 0.2) is 12.1 Å². The molecule has 0 spiro atoms. The average molecular weight is 305 g/mol. The molecule has 0 bridgehead atoms. The van der Waals surface area contributed by atoms with E-state index >= 15 is 0 Å². The van der Waals surface area contributed by atoms with Crippen LogP contribution in [0.3, 0.4) is 0 Å². The van der Waals surface area contributed by atoms with Crippen LogP contribution in [0.25, 0.3) is 10.2 Å². The van der Waals surface area contributed by atoms with E-state index < -0.39 is 0 Å². The Balaban J connectivity index is 1.79. The highest BCUT2D eigenvalue weighted by molar-refractivity contribution is 7.18. The molecule has 4 nitrogen and oxygen atoms in total. The van der Waals surface area contributed by atoms with Crippen molar-refractivity contribution < 1.29 is 5.11 Å². The van der Waals surface area contributed by atoms with Crippen LogP contribution < -0.4 is 11.1 Å². The molecule has 1 saturated carbocycles. The molecule has 2 aromatic rings. The molecule has 1 fully saturated rings. The first-order valence-electron chi connectivity index (χ1n) is 7.63. The van der Waals surface area contributed by atoms with Crippen LogP contribution in [-0.2, 0) is 0 Å². The van der Waals surface area contributed by atoms with Gasteiger partial charge in [0.05, 0.1) is 33.2 Å². The summed E-state index contributed by atoms with van der Waals surface area (Å²) < 4.78 is 1.13. The predicted octanol–water partition coefficient (Wildman–Crippen LogP) is 3.54. The molecule has 3 rings (SSSR count). The zero-order valence-electron chi connectivity index (χ0n) is 12.5. The minimum absolute atomic E-state index is 0.0115. The zero-order valence-corrected chi connectivity index (χ0v) is 13.3. The van der Waals surface area contributed by atoms with Crippen LogP contribution >= 0.6 is 11.3 Å². The Morgan fingerprint density at radius 2 is 2.10 bits per heavy atom. The molecular formula is C16H23N3OS. The highest BCUT2D eigenvalue weighted by atomic mass is 32.1. The molecule has 1 aliphatic rings. The summed E-state index contributed by atoms with van der Waals surface area (Å²) in [4.78, 5) is 4.52. The number of nitrogen functional groups attached to an aromatic ring is 1. The van der Waals surface area contributed by atoms with Gasteiger partial charge in [-0.15, -0.1) is 11.3 Å². The number of aromatic nitrogens is 1. The van der Waals surface area contributed by atoms with Crippen LogP contribution in [0.2, 0.25) is 0 Å². The molecule has 0 radical (unpaired) electrons. The molecule has 1 aliphatic carbocycles. The van der Waals surface area contributed by atoms with Crippen molar-refractivity contribution in [2.45, 2.75) is 39.0 Å². The van der Waals surface area contributed by atoms with Crippen LogP contribution in [0.4, 0.5) is 11.4 Å². The van der Waals surface area contributed by atoms with Crippen LogP contribution in [-0.4, -0.2) is 23.2 Å². The lowest BCUT2D eigenvalue weighted by Gasteiger charge is -2.36. The SMILES string of the molecule is Cc1nc2cc(NCC3(CO)CCCCC3)c(N)cc2s1. The van der Waals surface area contributed by atoms with Gasteiger partial charge in [-0.1, -0.05) is 19.3 Å². The van der Waals surface area contributed by atoms with Crippen molar-refractivity contribution >= 4 is 32.9 Å². The Morgan fingerprint density at radius 1 is 1.33 bits per heavy atom. The lowest BCUT2D eigenvalue weighted by molar-refractivity contribution is 0.0944. The number of aliphatic hydroxyl groups is 1. The maximum absolute atomic E-state index is 9.78. The molecule has 114 valence electrons. The number of rotatable bonds is 4. The summed E-state index contributed by atoms with van der Waals surface area (Å²) in [5.74, 6) is 0. The van der Waals surface area contributed by atoms with E-state index in [1.54, 1.807) is 11.3 Å². The topological polar surface area (TPSA) is 71.2 Å². The van der Waals surface area contributed by atoms with Crippen LogP contribution in [0.1, 0.15) is 37.1 Å². The maximum Gasteiger partial charge on any atom is 0.0907 e. The van der Waals surface area contributed by atoms with Gasteiger partial charge in [0, 0.05) is 12.0 Å². The number of hydrogen-bond donors (Lipinski definition) is 3. The average Bonchev–Trinajstić information content (AvgIpc) is 2.85. The second kappa shape index (κ2) is 5.81. The highest BCUT2D eigenvalue weighted by Crippen LogP contribution is 2.37. The smallest absolute Gasteiger partial charge is 0.0907 e. The summed E-state index contributed by atoms with van der Waals surface area (Å²) >= 11 is 1.67.